The number of rotatable bonds is 4. The minimum absolute atomic E-state index is 0.125. The van der Waals surface area contributed by atoms with E-state index in [-0.39, 0.29) is 17.8 Å². The van der Waals surface area contributed by atoms with Gasteiger partial charge in [-0.15, -0.1) is 0 Å². The van der Waals surface area contributed by atoms with Crippen LogP contribution in [0.15, 0.2) is 55.1 Å². The highest BCUT2D eigenvalue weighted by molar-refractivity contribution is 5.74. The average Bonchev–Trinajstić information content (AvgIpc) is 3.18. The molecule has 0 unspecified atom stereocenters. The van der Waals surface area contributed by atoms with Crippen LogP contribution in [0.2, 0.25) is 0 Å². The number of nitrogens with zero attached hydrogens (tertiary/aromatic N) is 6. The molecule has 0 amide bonds. The van der Waals surface area contributed by atoms with E-state index in [0.29, 0.717) is 11.6 Å². The fraction of sp³-hybridized carbons (Fsp3) is 0.273. The van der Waals surface area contributed by atoms with E-state index in [0.717, 1.165) is 36.3 Å². The van der Waals surface area contributed by atoms with E-state index in [1.54, 1.807) is 41.4 Å². The molecule has 4 aromatic rings. The zero-order valence-electron chi connectivity index (χ0n) is 17.1. The maximum atomic E-state index is 14.2. The molecule has 31 heavy (non-hydrogen) atoms. The molecule has 4 aromatic heterocycles. The van der Waals surface area contributed by atoms with Crippen LogP contribution in [0.1, 0.15) is 19.8 Å². The minimum Gasteiger partial charge on any atom is -0.365 e. The molecule has 1 aliphatic heterocycles. The summed E-state index contributed by atoms with van der Waals surface area (Å²) < 4.78 is 15.9. The van der Waals surface area contributed by atoms with Crippen LogP contribution in [0.5, 0.6) is 0 Å². The summed E-state index contributed by atoms with van der Waals surface area (Å²) in [6.07, 6.45) is 8.86. The largest absolute Gasteiger partial charge is 0.365 e. The van der Waals surface area contributed by atoms with E-state index in [1.165, 1.54) is 6.07 Å². The van der Waals surface area contributed by atoms with E-state index < -0.39 is 5.82 Å². The predicted molar refractivity (Wildman–Crippen MR) is 118 cm³/mol. The first-order valence-corrected chi connectivity index (χ1v) is 10.3. The third-order valence-corrected chi connectivity index (χ3v) is 5.79. The second-order valence-corrected chi connectivity index (χ2v) is 7.73. The van der Waals surface area contributed by atoms with Gasteiger partial charge in [0.15, 0.2) is 5.82 Å². The highest BCUT2D eigenvalue weighted by Crippen LogP contribution is 2.32. The molecule has 5 heterocycles. The maximum absolute atomic E-state index is 14.2. The molecule has 0 spiro atoms. The number of pyridine rings is 2. The molecule has 0 aliphatic carbocycles. The van der Waals surface area contributed by atoms with Crippen LogP contribution < -0.4 is 16.0 Å². The van der Waals surface area contributed by atoms with Crippen LogP contribution in [-0.2, 0) is 0 Å². The molecule has 158 valence electrons. The second kappa shape index (κ2) is 7.92. The lowest BCUT2D eigenvalue weighted by Gasteiger charge is -2.40. The number of halogens is 1. The molecule has 8 nitrogen and oxygen atoms in total. The molecule has 1 saturated heterocycles. The summed E-state index contributed by atoms with van der Waals surface area (Å²) in [5.41, 5.74) is 9.54. The fourth-order valence-electron chi connectivity index (χ4n) is 4.04. The predicted octanol–water partition coefficient (Wildman–Crippen LogP) is 3.39. The Morgan fingerprint density at radius 3 is 2.90 bits per heavy atom. The molecular weight excluding hydrogens is 395 g/mol. The monoisotopic (exact) mass is 418 g/mol. The van der Waals surface area contributed by atoms with Crippen molar-refractivity contribution >= 4 is 22.8 Å². The minimum atomic E-state index is -0.422. The Balaban J connectivity index is 1.52. The van der Waals surface area contributed by atoms with Gasteiger partial charge < -0.3 is 16.0 Å². The Bertz CT molecular complexity index is 1220. The highest BCUT2D eigenvalue weighted by atomic mass is 19.1. The molecule has 1 fully saturated rings. The molecule has 3 N–H and O–H groups in total. The zero-order valence-corrected chi connectivity index (χ0v) is 17.1. The van der Waals surface area contributed by atoms with E-state index in [4.69, 9.17) is 5.73 Å². The normalized spacial score (nSPS) is 19.0. The van der Waals surface area contributed by atoms with E-state index >= 15 is 0 Å². The first-order chi connectivity index (χ1) is 15.1. The van der Waals surface area contributed by atoms with Crippen LogP contribution in [0.3, 0.4) is 0 Å². The van der Waals surface area contributed by atoms with Gasteiger partial charge in [0.25, 0.3) is 0 Å². The van der Waals surface area contributed by atoms with Gasteiger partial charge in [-0.25, -0.2) is 9.37 Å². The first-order valence-electron chi connectivity index (χ1n) is 10.3. The third-order valence-electron chi connectivity index (χ3n) is 5.79. The van der Waals surface area contributed by atoms with Crippen LogP contribution in [0.25, 0.3) is 16.9 Å². The summed E-state index contributed by atoms with van der Waals surface area (Å²) in [6, 6.07) is 8.81. The number of imidazole rings is 1. The molecule has 1 aliphatic rings. The molecule has 0 saturated carbocycles. The lowest BCUT2D eigenvalue weighted by atomic mass is 9.97. The summed E-state index contributed by atoms with van der Waals surface area (Å²) in [5.74, 6) is 0.0883. The van der Waals surface area contributed by atoms with Crippen LogP contribution in [0.4, 0.5) is 21.7 Å². The molecule has 2 atom stereocenters. The fourth-order valence-corrected chi connectivity index (χ4v) is 4.04. The molecule has 9 heteroatoms. The van der Waals surface area contributed by atoms with Gasteiger partial charge in [-0.2, -0.15) is 9.61 Å². The number of hydrogen-bond donors (Lipinski definition) is 2. The maximum Gasteiger partial charge on any atom is 0.229 e. The van der Waals surface area contributed by atoms with Gasteiger partial charge in [0, 0.05) is 31.0 Å². The number of anilines is 3. The van der Waals surface area contributed by atoms with Crippen molar-refractivity contribution in [2.75, 3.05) is 16.8 Å². The lowest BCUT2D eigenvalue weighted by molar-refractivity contribution is 0.421. The molecule has 0 bridgehead atoms. The highest BCUT2D eigenvalue weighted by Gasteiger charge is 2.27. The number of nitrogens with one attached hydrogen (secondary N) is 1. The number of piperidine rings is 1. The van der Waals surface area contributed by atoms with Crippen molar-refractivity contribution in [2.45, 2.75) is 31.8 Å². The molecule has 0 aromatic carbocycles. The van der Waals surface area contributed by atoms with Gasteiger partial charge >= 0.3 is 0 Å². The summed E-state index contributed by atoms with van der Waals surface area (Å²) in [6.45, 7) is 3.07. The summed E-state index contributed by atoms with van der Waals surface area (Å²) in [7, 11) is 0. The second-order valence-electron chi connectivity index (χ2n) is 7.73. The van der Waals surface area contributed by atoms with Crippen molar-refractivity contribution in [3.8, 4) is 11.4 Å². The Hall–Kier alpha value is -3.59. The topological polar surface area (TPSA) is 97.3 Å². The summed E-state index contributed by atoms with van der Waals surface area (Å²) >= 11 is 0. The number of aromatic nitrogens is 5. The Morgan fingerprint density at radius 1 is 1.13 bits per heavy atom. The van der Waals surface area contributed by atoms with Crippen LogP contribution in [-0.4, -0.2) is 43.2 Å². The van der Waals surface area contributed by atoms with Crippen LogP contribution in [0, 0.1) is 5.82 Å². The quantitative estimate of drug-likeness (QED) is 0.524. The molecular formula is C22H23FN8. The van der Waals surface area contributed by atoms with Gasteiger partial charge in [-0.05, 0) is 50.1 Å². The summed E-state index contributed by atoms with van der Waals surface area (Å²) in [5, 5.41) is 7.92. The third kappa shape index (κ3) is 3.57. The van der Waals surface area contributed by atoms with Crippen molar-refractivity contribution < 1.29 is 4.39 Å². The van der Waals surface area contributed by atoms with Crippen molar-refractivity contribution in [1.29, 1.82) is 0 Å². The first kappa shape index (κ1) is 19.4. The van der Waals surface area contributed by atoms with Gasteiger partial charge in [0.1, 0.15) is 11.4 Å². The Kier molecular flexibility index (Phi) is 4.95. The zero-order chi connectivity index (χ0) is 21.4. The molecule has 0 radical (unpaired) electrons. The number of fused-ring (bicyclic) bond motifs is 1. The molecule has 5 rings (SSSR count). The van der Waals surface area contributed by atoms with Gasteiger partial charge in [-0.3, -0.25) is 9.97 Å². The standard InChI is InChI=1S/C22H23FN8/c1-14-17(24)5-3-11-30(14)20-8-10-25-13-19(20)28-22-27-12-15-6-7-18(29-31(15)22)21-16(23)4-2-9-26-21/h2,4,6-10,12-14,17H,3,5,11,24H2,1H3,(H,27,28)/t14-,17-/m1/s1. The lowest BCUT2D eigenvalue weighted by Crippen LogP contribution is -2.50. The number of hydrogen-bond acceptors (Lipinski definition) is 7. The van der Waals surface area contributed by atoms with Gasteiger partial charge in [-0.1, -0.05) is 0 Å². The smallest absolute Gasteiger partial charge is 0.229 e. The van der Waals surface area contributed by atoms with Crippen molar-refractivity contribution in [2.24, 2.45) is 5.73 Å². The Morgan fingerprint density at radius 2 is 2.03 bits per heavy atom. The van der Waals surface area contributed by atoms with Crippen LogP contribution >= 0.6 is 0 Å². The summed E-state index contributed by atoms with van der Waals surface area (Å²) in [4.78, 5) is 15.2. The SMILES string of the molecule is C[C@@H]1[C@H](N)CCCN1c1ccncc1Nc1ncc2ccc(-c3ncccc3F)nn12. The Labute approximate surface area is 179 Å². The van der Waals surface area contributed by atoms with E-state index in [2.05, 4.69) is 37.2 Å². The van der Waals surface area contributed by atoms with E-state index in [9.17, 15) is 4.39 Å². The van der Waals surface area contributed by atoms with E-state index in [1.807, 2.05) is 12.1 Å². The van der Waals surface area contributed by atoms with Crippen molar-refractivity contribution in [3.05, 3.63) is 60.9 Å². The van der Waals surface area contributed by atoms with Gasteiger partial charge in [0.2, 0.25) is 5.95 Å². The average molecular weight is 418 g/mol. The number of nitrogens with two attached hydrogens (primary N) is 1. The van der Waals surface area contributed by atoms with Gasteiger partial charge in [0.05, 0.1) is 29.3 Å². The van der Waals surface area contributed by atoms with Crippen molar-refractivity contribution in [1.82, 2.24) is 24.6 Å². The van der Waals surface area contributed by atoms with Crippen molar-refractivity contribution in [3.63, 3.8) is 0 Å².